The van der Waals surface area contributed by atoms with E-state index in [2.05, 4.69) is 10.2 Å². The van der Waals surface area contributed by atoms with Gasteiger partial charge < -0.3 is 15.1 Å². The summed E-state index contributed by atoms with van der Waals surface area (Å²) in [6, 6.07) is 0. The molecule has 0 atom stereocenters. The SMILES string of the molecule is CNC(=O)/C=C\C(=O)N1CCN(C)CC1. The van der Waals surface area contributed by atoms with Crippen molar-refractivity contribution >= 4 is 11.8 Å². The van der Waals surface area contributed by atoms with Crippen LogP contribution in [0.5, 0.6) is 0 Å². The molecule has 1 rings (SSSR count). The van der Waals surface area contributed by atoms with Crippen LogP contribution in [0.25, 0.3) is 0 Å². The molecule has 1 heterocycles. The van der Waals surface area contributed by atoms with E-state index in [0.717, 1.165) is 26.2 Å². The van der Waals surface area contributed by atoms with Gasteiger partial charge in [0.25, 0.3) is 0 Å². The Hall–Kier alpha value is -1.36. The van der Waals surface area contributed by atoms with Gasteiger partial charge in [-0.3, -0.25) is 9.59 Å². The molecule has 0 radical (unpaired) electrons. The minimum Gasteiger partial charge on any atom is -0.356 e. The third-order valence-corrected chi connectivity index (χ3v) is 2.44. The van der Waals surface area contributed by atoms with Gasteiger partial charge in [0.2, 0.25) is 11.8 Å². The van der Waals surface area contributed by atoms with Gasteiger partial charge in [-0.25, -0.2) is 0 Å². The van der Waals surface area contributed by atoms with E-state index in [4.69, 9.17) is 0 Å². The monoisotopic (exact) mass is 211 g/mol. The number of carbonyl (C=O) groups is 2. The van der Waals surface area contributed by atoms with E-state index >= 15 is 0 Å². The number of hydrogen-bond acceptors (Lipinski definition) is 3. The largest absolute Gasteiger partial charge is 0.356 e. The van der Waals surface area contributed by atoms with Crippen LogP contribution in [-0.2, 0) is 9.59 Å². The summed E-state index contributed by atoms with van der Waals surface area (Å²) in [4.78, 5) is 26.4. The summed E-state index contributed by atoms with van der Waals surface area (Å²) in [5.74, 6) is -0.343. The van der Waals surface area contributed by atoms with E-state index in [1.807, 2.05) is 7.05 Å². The maximum Gasteiger partial charge on any atom is 0.246 e. The van der Waals surface area contributed by atoms with Crippen LogP contribution >= 0.6 is 0 Å². The van der Waals surface area contributed by atoms with Gasteiger partial charge in [-0.1, -0.05) is 0 Å². The molecule has 0 spiro atoms. The fourth-order valence-corrected chi connectivity index (χ4v) is 1.36. The lowest BCUT2D eigenvalue weighted by Gasteiger charge is -2.31. The molecule has 0 aromatic heterocycles. The Balaban J connectivity index is 2.40. The zero-order chi connectivity index (χ0) is 11.3. The second-order valence-corrected chi connectivity index (χ2v) is 3.58. The van der Waals surface area contributed by atoms with Crippen LogP contribution in [0.1, 0.15) is 0 Å². The minimum atomic E-state index is -0.252. The molecule has 1 aliphatic rings. The third-order valence-electron chi connectivity index (χ3n) is 2.44. The molecule has 84 valence electrons. The quantitative estimate of drug-likeness (QED) is 0.600. The van der Waals surface area contributed by atoms with Crippen LogP contribution in [0.4, 0.5) is 0 Å². The summed E-state index contributed by atoms with van der Waals surface area (Å²) < 4.78 is 0. The fraction of sp³-hybridized carbons (Fsp3) is 0.600. The van der Waals surface area contributed by atoms with E-state index in [0.29, 0.717) is 0 Å². The molecule has 0 unspecified atom stereocenters. The molecular formula is C10H17N3O2. The van der Waals surface area contributed by atoms with Crippen molar-refractivity contribution in [2.75, 3.05) is 40.3 Å². The Kier molecular flexibility index (Phi) is 4.30. The summed E-state index contributed by atoms with van der Waals surface area (Å²) in [5, 5.41) is 2.43. The molecule has 2 amide bonds. The number of amides is 2. The van der Waals surface area contributed by atoms with Gasteiger partial charge in [0.05, 0.1) is 0 Å². The molecule has 5 nitrogen and oxygen atoms in total. The van der Waals surface area contributed by atoms with Crippen molar-refractivity contribution in [1.29, 1.82) is 0 Å². The maximum absolute atomic E-state index is 11.6. The topological polar surface area (TPSA) is 52.7 Å². The molecule has 1 saturated heterocycles. The molecule has 0 aromatic rings. The number of nitrogens with one attached hydrogen (secondary N) is 1. The van der Waals surface area contributed by atoms with Crippen molar-refractivity contribution in [2.24, 2.45) is 0 Å². The molecule has 1 aliphatic heterocycles. The number of hydrogen-bond donors (Lipinski definition) is 1. The molecule has 0 saturated carbocycles. The lowest BCUT2D eigenvalue weighted by molar-refractivity contribution is -0.127. The van der Waals surface area contributed by atoms with Crippen molar-refractivity contribution in [3.05, 3.63) is 12.2 Å². The van der Waals surface area contributed by atoms with Crippen LogP contribution in [0.3, 0.4) is 0 Å². The maximum atomic E-state index is 11.6. The molecule has 0 aromatic carbocycles. The summed E-state index contributed by atoms with van der Waals surface area (Å²) in [7, 11) is 3.56. The Bertz CT molecular complexity index is 268. The number of carbonyl (C=O) groups excluding carboxylic acids is 2. The van der Waals surface area contributed by atoms with Gasteiger partial charge in [-0.05, 0) is 7.05 Å². The van der Waals surface area contributed by atoms with Gasteiger partial charge in [-0.2, -0.15) is 0 Å². The van der Waals surface area contributed by atoms with Crippen LogP contribution in [0.2, 0.25) is 0 Å². The molecule has 0 aliphatic carbocycles. The van der Waals surface area contributed by atoms with Crippen LogP contribution in [-0.4, -0.2) is 61.9 Å². The summed E-state index contributed by atoms with van der Waals surface area (Å²) >= 11 is 0. The van der Waals surface area contributed by atoms with Crippen molar-refractivity contribution in [2.45, 2.75) is 0 Å². The van der Waals surface area contributed by atoms with Gasteiger partial charge in [-0.15, -0.1) is 0 Å². The summed E-state index contributed by atoms with van der Waals surface area (Å²) in [6.07, 6.45) is 2.59. The molecule has 1 fully saturated rings. The fourth-order valence-electron chi connectivity index (χ4n) is 1.36. The number of nitrogens with zero attached hydrogens (tertiary/aromatic N) is 2. The first-order chi connectivity index (χ1) is 7.13. The van der Waals surface area contributed by atoms with Gasteiger partial charge in [0.15, 0.2) is 0 Å². The van der Waals surface area contributed by atoms with E-state index in [1.165, 1.54) is 19.2 Å². The summed E-state index contributed by atoms with van der Waals surface area (Å²) in [6.45, 7) is 3.24. The lowest BCUT2D eigenvalue weighted by atomic mass is 10.3. The van der Waals surface area contributed by atoms with E-state index < -0.39 is 0 Å². The molecule has 15 heavy (non-hydrogen) atoms. The first-order valence-electron chi connectivity index (χ1n) is 5.00. The average Bonchev–Trinajstić information content (AvgIpc) is 2.26. The Morgan fingerprint density at radius 1 is 1.13 bits per heavy atom. The highest BCUT2D eigenvalue weighted by atomic mass is 16.2. The second kappa shape index (κ2) is 5.50. The number of rotatable bonds is 2. The average molecular weight is 211 g/mol. The molecular weight excluding hydrogens is 194 g/mol. The van der Waals surface area contributed by atoms with Gasteiger partial charge in [0, 0.05) is 45.4 Å². The normalized spacial score (nSPS) is 18.1. The second-order valence-electron chi connectivity index (χ2n) is 3.58. The first kappa shape index (κ1) is 11.7. The Morgan fingerprint density at radius 3 is 2.27 bits per heavy atom. The number of likely N-dealkylation sites (N-methyl/N-ethyl adjacent to an activating group) is 2. The zero-order valence-corrected chi connectivity index (χ0v) is 9.19. The van der Waals surface area contributed by atoms with Gasteiger partial charge in [0.1, 0.15) is 0 Å². The predicted octanol–water partition coefficient (Wildman–Crippen LogP) is -0.937. The van der Waals surface area contributed by atoms with Crippen molar-refractivity contribution < 1.29 is 9.59 Å². The van der Waals surface area contributed by atoms with E-state index in [1.54, 1.807) is 4.90 Å². The van der Waals surface area contributed by atoms with Crippen LogP contribution in [0.15, 0.2) is 12.2 Å². The van der Waals surface area contributed by atoms with Gasteiger partial charge >= 0.3 is 0 Å². The lowest BCUT2D eigenvalue weighted by Crippen LogP contribution is -2.46. The van der Waals surface area contributed by atoms with Crippen LogP contribution in [0, 0.1) is 0 Å². The predicted molar refractivity (Wildman–Crippen MR) is 57.3 cm³/mol. The standard InChI is InChI=1S/C10H17N3O2/c1-11-9(14)3-4-10(15)13-7-5-12(2)6-8-13/h3-4H,5-8H2,1-2H3,(H,11,14)/b4-3-. The number of piperazine rings is 1. The van der Waals surface area contributed by atoms with E-state index in [9.17, 15) is 9.59 Å². The summed E-state index contributed by atoms with van der Waals surface area (Å²) in [5.41, 5.74) is 0. The highest BCUT2D eigenvalue weighted by molar-refractivity contribution is 5.96. The minimum absolute atomic E-state index is 0.0910. The van der Waals surface area contributed by atoms with Crippen molar-refractivity contribution in [3.63, 3.8) is 0 Å². The van der Waals surface area contributed by atoms with Crippen LogP contribution < -0.4 is 5.32 Å². The van der Waals surface area contributed by atoms with E-state index in [-0.39, 0.29) is 11.8 Å². The third kappa shape index (κ3) is 3.71. The van der Waals surface area contributed by atoms with Crippen molar-refractivity contribution in [3.8, 4) is 0 Å². The smallest absolute Gasteiger partial charge is 0.246 e. The highest BCUT2D eigenvalue weighted by Gasteiger charge is 2.16. The highest BCUT2D eigenvalue weighted by Crippen LogP contribution is 1.99. The van der Waals surface area contributed by atoms with Crippen molar-refractivity contribution in [1.82, 2.24) is 15.1 Å². The zero-order valence-electron chi connectivity index (χ0n) is 9.19. The Morgan fingerprint density at radius 2 is 1.73 bits per heavy atom. The molecule has 0 bridgehead atoms. The Labute approximate surface area is 89.7 Å². The molecule has 1 N–H and O–H groups in total. The molecule has 5 heteroatoms. The first-order valence-corrected chi connectivity index (χ1v) is 5.00.